The molecule has 1 fully saturated rings. The Morgan fingerprint density at radius 3 is 2.71 bits per heavy atom. The molecule has 1 atom stereocenters. The average molecular weight is 480 g/mol. The van der Waals surface area contributed by atoms with Crippen molar-refractivity contribution in [3.63, 3.8) is 0 Å². The number of benzene rings is 2. The normalized spacial score (nSPS) is 17.6. The smallest absolute Gasteiger partial charge is 0.267 e. The average Bonchev–Trinajstić information content (AvgIpc) is 3.43. The van der Waals surface area contributed by atoms with Gasteiger partial charge < -0.3 is 9.88 Å². The number of aromatic amines is 1. The zero-order valence-electron chi connectivity index (χ0n) is 17.5. The first-order chi connectivity index (χ1) is 16.4. The van der Waals surface area contributed by atoms with Crippen molar-refractivity contribution in [2.45, 2.75) is 18.4 Å². The molecule has 0 aliphatic carbocycles. The van der Waals surface area contributed by atoms with E-state index < -0.39 is 30.5 Å². The van der Waals surface area contributed by atoms with Gasteiger partial charge in [0.05, 0.1) is 40.5 Å². The van der Waals surface area contributed by atoms with Gasteiger partial charge in [0.25, 0.3) is 11.5 Å². The summed E-state index contributed by atoms with van der Waals surface area (Å²) in [5.41, 5.74) is 1.20. The van der Waals surface area contributed by atoms with Crippen molar-refractivity contribution in [1.29, 1.82) is 0 Å². The van der Waals surface area contributed by atoms with Crippen LogP contribution in [0.1, 0.15) is 18.3 Å². The van der Waals surface area contributed by atoms with E-state index in [1.165, 1.54) is 22.1 Å². The van der Waals surface area contributed by atoms with E-state index in [1.807, 2.05) is 6.07 Å². The third-order valence-corrected chi connectivity index (χ3v) is 6.24. The van der Waals surface area contributed by atoms with Gasteiger partial charge in [0, 0.05) is 6.42 Å². The van der Waals surface area contributed by atoms with Gasteiger partial charge in [-0.15, -0.1) is 0 Å². The maximum Gasteiger partial charge on any atom is 0.267 e. The van der Waals surface area contributed by atoms with Crippen molar-refractivity contribution in [2.75, 3.05) is 11.4 Å². The fraction of sp³-hybridized carbons (Fsp3) is 0.174. The molecule has 1 aliphatic rings. The molecule has 0 bridgehead atoms. The summed E-state index contributed by atoms with van der Waals surface area (Å²) < 4.78 is 31.2. The van der Waals surface area contributed by atoms with Gasteiger partial charge in [-0.1, -0.05) is 35.9 Å². The Bertz CT molecular complexity index is 1600. The molecule has 170 valence electrons. The molecule has 0 unspecified atom stereocenters. The molecular formula is C23H16ClF2N7O. The maximum absolute atomic E-state index is 14.9. The highest BCUT2D eigenvalue weighted by atomic mass is 35.5. The van der Waals surface area contributed by atoms with E-state index in [1.54, 1.807) is 42.5 Å². The Hall–Kier alpha value is -3.92. The molecule has 3 aromatic heterocycles. The van der Waals surface area contributed by atoms with Crippen LogP contribution in [0.25, 0.3) is 27.8 Å². The van der Waals surface area contributed by atoms with E-state index in [2.05, 4.69) is 19.9 Å². The van der Waals surface area contributed by atoms with Gasteiger partial charge in [-0.05, 0) is 24.3 Å². The lowest BCUT2D eigenvalue weighted by molar-refractivity contribution is 0.0219. The summed E-state index contributed by atoms with van der Waals surface area (Å²) in [7, 11) is 0. The Labute approximate surface area is 195 Å². The topological polar surface area (TPSA) is 92.6 Å². The molecule has 8 nitrogen and oxygen atoms in total. The summed E-state index contributed by atoms with van der Waals surface area (Å²) >= 11 is 6.34. The number of anilines is 1. The van der Waals surface area contributed by atoms with Crippen molar-refractivity contribution in [1.82, 2.24) is 29.5 Å². The minimum atomic E-state index is -3.04. The molecule has 11 heteroatoms. The van der Waals surface area contributed by atoms with Crippen LogP contribution in [0.3, 0.4) is 0 Å². The Balaban J connectivity index is 1.64. The van der Waals surface area contributed by atoms with Crippen LogP contribution in [0.4, 0.5) is 14.6 Å². The van der Waals surface area contributed by atoms with Gasteiger partial charge in [0.1, 0.15) is 17.7 Å². The molecule has 5 aromatic rings. The van der Waals surface area contributed by atoms with E-state index >= 15 is 0 Å². The zero-order chi connectivity index (χ0) is 23.4. The number of aromatic nitrogens is 6. The first-order valence-corrected chi connectivity index (χ1v) is 10.9. The van der Waals surface area contributed by atoms with E-state index in [4.69, 9.17) is 16.6 Å². The third-order valence-electron chi connectivity index (χ3n) is 5.93. The molecule has 4 heterocycles. The number of nitrogens with zero attached hydrogens (tertiary/aromatic N) is 6. The molecule has 1 N–H and O–H groups in total. The fourth-order valence-corrected chi connectivity index (χ4v) is 4.75. The monoisotopic (exact) mass is 479 g/mol. The Morgan fingerprint density at radius 1 is 1.06 bits per heavy atom. The number of hydrogen-bond acceptors (Lipinski definition) is 6. The van der Waals surface area contributed by atoms with Crippen LogP contribution >= 0.6 is 11.6 Å². The molecule has 1 saturated heterocycles. The van der Waals surface area contributed by atoms with Crippen LogP contribution in [0.2, 0.25) is 5.02 Å². The lowest BCUT2D eigenvalue weighted by Gasteiger charge is -2.27. The molecule has 34 heavy (non-hydrogen) atoms. The summed E-state index contributed by atoms with van der Waals surface area (Å²) in [4.78, 5) is 35.3. The molecule has 6 rings (SSSR count). The van der Waals surface area contributed by atoms with E-state index in [-0.39, 0.29) is 22.1 Å². The number of alkyl halides is 2. The van der Waals surface area contributed by atoms with Crippen LogP contribution in [0.5, 0.6) is 0 Å². The number of para-hydroxylation sites is 1. The number of fused-ring (bicyclic) bond motifs is 2. The van der Waals surface area contributed by atoms with Crippen molar-refractivity contribution < 1.29 is 8.78 Å². The quantitative estimate of drug-likeness (QED) is 0.415. The van der Waals surface area contributed by atoms with Gasteiger partial charge in [-0.2, -0.15) is 0 Å². The molecular weight excluding hydrogens is 464 g/mol. The lowest BCUT2D eigenvalue weighted by atomic mass is 10.1. The molecule has 2 aromatic carbocycles. The van der Waals surface area contributed by atoms with Crippen LogP contribution < -0.4 is 10.5 Å². The highest BCUT2D eigenvalue weighted by Gasteiger charge is 2.48. The van der Waals surface area contributed by atoms with Crippen LogP contribution in [-0.4, -0.2) is 42.0 Å². The summed E-state index contributed by atoms with van der Waals surface area (Å²) in [5, 5.41) is 0.473. The van der Waals surface area contributed by atoms with Crippen LogP contribution in [0.15, 0.2) is 66.0 Å². The van der Waals surface area contributed by atoms with Gasteiger partial charge in [-0.3, -0.25) is 9.36 Å². The first-order valence-electron chi connectivity index (χ1n) is 10.5. The molecule has 0 saturated carbocycles. The number of rotatable bonds is 3. The van der Waals surface area contributed by atoms with Gasteiger partial charge in [0.2, 0.25) is 0 Å². The predicted molar refractivity (Wildman–Crippen MR) is 124 cm³/mol. The van der Waals surface area contributed by atoms with Gasteiger partial charge in [0.15, 0.2) is 11.5 Å². The number of halogens is 3. The van der Waals surface area contributed by atoms with Crippen molar-refractivity contribution in [3.8, 4) is 5.69 Å². The molecule has 0 amide bonds. The standard InChI is InChI=1S/C23H16ClF2N7O/c24-14-7-4-8-15-17(14)22(34)33(13-5-2-1-3-6-13)20(31-15)16-9-23(25,26)10-32(16)21-18-19(28-11-27-18)29-12-30-21/h1-8,11-12,16H,9-10H2,(H,27,28,29,30)/t16-/m0/s1. The fourth-order valence-electron chi connectivity index (χ4n) is 4.50. The number of H-pyrrole nitrogens is 1. The number of imidazole rings is 1. The zero-order valence-corrected chi connectivity index (χ0v) is 18.2. The summed E-state index contributed by atoms with van der Waals surface area (Å²) in [6, 6.07) is 12.8. The second-order valence-electron chi connectivity index (χ2n) is 8.08. The van der Waals surface area contributed by atoms with Crippen molar-refractivity contribution >= 4 is 39.5 Å². The van der Waals surface area contributed by atoms with Gasteiger partial charge >= 0.3 is 0 Å². The first kappa shape index (κ1) is 20.7. The summed E-state index contributed by atoms with van der Waals surface area (Å²) in [5.74, 6) is -2.59. The van der Waals surface area contributed by atoms with E-state index in [9.17, 15) is 13.6 Å². The third kappa shape index (κ3) is 3.21. The second kappa shape index (κ2) is 7.56. The highest BCUT2D eigenvalue weighted by molar-refractivity contribution is 6.35. The van der Waals surface area contributed by atoms with Crippen molar-refractivity contribution in [3.05, 3.63) is 82.4 Å². The predicted octanol–water partition coefficient (Wildman–Crippen LogP) is 4.29. The summed E-state index contributed by atoms with van der Waals surface area (Å²) in [6.07, 6.45) is 2.17. The highest BCUT2D eigenvalue weighted by Crippen LogP contribution is 2.44. The van der Waals surface area contributed by atoms with Crippen LogP contribution in [-0.2, 0) is 0 Å². The molecule has 0 spiro atoms. The van der Waals surface area contributed by atoms with Crippen LogP contribution in [0, 0.1) is 0 Å². The summed E-state index contributed by atoms with van der Waals surface area (Å²) in [6.45, 7) is -0.596. The minimum absolute atomic E-state index is 0.175. The van der Waals surface area contributed by atoms with Gasteiger partial charge in [-0.25, -0.2) is 28.7 Å². The Morgan fingerprint density at radius 2 is 1.88 bits per heavy atom. The maximum atomic E-state index is 14.9. The number of hydrogen-bond donors (Lipinski definition) is 1. The lowest BCUT2D eigenvalue weighted by Crippen LogP contribution is -2.32. The van der Waals surface area contributed by atoms with Crippen molar-refractivity contribution in [2.24, 2.45) is 0 Å². The largest absolute Gasteiger partial charge is 0.340 e. The number of nitrogens with one attached hydrogen (secondary N) is 1. The SMILES string of the molecule is O=c1c2c(Cl)cccc2nc([C@@H]2CC(F)(F)CN2c2ncnc3nc[nH]c23)n1-c1ccccc1. The molecule has 1 aliphatic heterocycles. The van der Waals surface area contributed by atoms with E-state index in [0.717, 1.165) is 0 Å². The minimum Gasteiger partial charge on any atom is -0.340 e. The second-order valence-corrected chi connectivity index (χ2v) is 8.49. The van der Waals surface area contributed by atoms with E-state index in [0.29, 0.717) is 22.4 Å². The molecule has 0 radical (unpaired) electrons. The Kier molecular flexibility index (Phi) is 4.59.